The highest BCUT2D eigenvalue weighted by atomic mass is 16.5. The lowest BCUT2D eigenvalue weighted by molar-refractivity contribution is -0.138. The lowest BCUT2D eigenvalue weighted by atomic mass is 10.3. The molecule has 0 fully saturated rings. The van der Waals surface area contributed by atoms with Crippen molar-refractivity contribution in [1.29, 1.82) is 0 Å². The third kappa shape index (κ3) is 3.25. The summed E-state index contributed by atoms with van der Waals surface area (Å²) in [5.74, 6) is -0.284. The summed E-state index contributed by atoms with van der Waals surface area (Å²) in [7, 11) is 0. The number of nitrogens with two attached hydrogens (primary N) is 1. The molecule has 0 saturated carbocycles. The quantitative estimate of drug-likeness (QED) is 0.461. The van der Waals surface area contributed by atoms with E-state index in [4.69, 9.17) is 10.5 Å². The van der Waals surface area contributed by atoms with E-state index in [0.717, 1.165) is 0 Å². The van der Waals surface area contributed by atoms with E-state index in [1.54, 1.807) is 19.9 Å². The van der Waals surface area contributed by atoms with E-state index < -0.39 is 0 Å². The van der Waals surface area contributed by atoms with Crippen molar-refractivity contribution < 1.29 is 9.53 Å². The summed E-state index contributed by atoms with van der Waals surface area (Å²) in [5, 5.41) is 0. The fourth-order valence-electron chi connectivity index (χ4n) is 0.505. The van der Waals surface area contributed by atoms with E-state index in [1.807, 2.05) is 0 Å². The van der Waals surface area contributed by atoms with Gasteiger partial charge in [-0.2, -0.15) is 0 Å². The predicted octanol–water partition coefficient (Wildman–Crippen LogP) is 0.455. The highest BCUT2D eigenvalue weighted by Gasteiger charge is 2.01. The minimum atomic E-state index is -0.284. The standard InChI is InChI=1S/C7H13NO2/c1-3-10-7(9)6(2)4-5-8/h4H,3,5,8H2,1-2H3/b6-4+. The maximum Gasteiger partial charge on any atom is 0.333 e. The summed E-state index contributed by atoms with van der Waals surface area (Å²) in [5.41, 5.74) is 5.75. The number of rotatable bonds is 3. The van der Waals surface area contributed by atoms with Crippen LogP contribution in [0.2, 0.25) is 0 Å². The summed E-state index contributed by atoms with van der Waals surface area (Å²) in [6.45, 7) is 4.25. The van der Waals surface area contributed by atoms with Gasteiger partial charge in [0.05, 0.1) is 6.61 Å². The van der Waals surface area contributed by atoms with Crippen LogP contribution >= 0.6 is 0 Å². The molecule has 10 heavy (non-hydrogen) atoms. The number of hydrogen-bond acceptors (Lipinski definition) is 3. The van der Waals surface area contributed by atoms with Crippen LogP contribution in [-0.4, -0.2) is 19.1 Å². The monoisotopic (exact) mass is 143 g/mol. The lowest BCUT2D eigenvalue weighted by Crippen LogP contribution is -2.07. The van der Waals surface area contributed by atoms with Gasteiger partial charge < -0.3 is 10.5 Å². The molecule has 0 aromatic rings. The van der Waals surface area contributed by atoms with Crippen molar-refractivity contribution in [2.75, 3.05) is 13.2 Å². The van der Waals surface area contributed by atoms with Gasteiger partial charge >= 0.3 is 5.97 Å². The summed E-state index contributed by atoms with van der Waals surface area (Å²) in [6.07, 6.45) is 1.64. The van der Waals surface area contributed by atoms with Gasteiger partial charge in [-0.25, -0.2) is 4.79 Å². The van der Waals surface area contributed by atoms with Crippen LogP contribution in [0.1, 0.15) is 13.8 Å². The molecule has 0 bridgehead atoms. The number of carbonyl (C=O) groups excluding carboxylic acids is 1. The number of hydrogen-bond donors (Lipinski definition) is 1. The Kier molecular flexibility index (Phi) is 4.58. The average Bonchev–Trinajstić information content (AvgIpc) is 1.89. The van der Waals surface area contributed by atoms with Crippen molar-refractivity contribution in [3.63, 3.8) is 0 Å². The fraction of sp³-hybridized carbons (Fsp3) is 0.571. The van der Waals surface area contributed by atoms with Gasteiger partial charge in [-0.3, -0.25) is 0 Å². The van der Waals surface area contributed by atoms with Crippen LogP contribution < -0.4 is 5.73 Å². The Hall–Kier alpha value is -0.830. The van der Waals surface area contributed by atoms with Crippen LogP contribution in [0.15, 0.2) is 11.6 Å². The van der Waals surface area contributed by atoms with E-state index in [1.165, 1.54) is 0 Å². The van der Waals surface area contributed by atoms with Crippen LogP contribution in [0.5, 0.6) is 0 Å². The molecule has 0 spiro atoms. The van der Waals surface area contributed by atoms with Gasteiger partial charge in [0.2, 0.25) is 0 Å². The zero-order valence-electron chi connectivity index (χ0n) is 6.39. The maximum atomic E-state index is 10.8. The minimum absolute atomic E-state index is 0.284. The zero-order chi connectivity index (χ0) is 7.98. The highest BCUT2D eigenvalue weighted by molar-refractivity contribution is 5.87. The number of ether oxygens (including phenoxy) is 1. The van der Waals surface area contributed by atoms with Gasteiger partial charge in [0, 0.05) is 12.1 Å². The van der Waals surface area contributed by atoms with E-state index in [0.29, 0.717) is 18.7 Å². The fourth-order valence-corrected chi connectivity index (χ4v) is 0.505. The minimum Gasteiger partial charge on any atom is -0.463 e. The number of esters is 1. The van der Waals surface area contributed by atoms with E-state index >= 15 is 0 Å². The second-order valence-electron chi connectivity index (χ2n) is 1.84. The molecular formula is C7H13NO2. The smallest absolute Gasteiger partial charge is 0.333 e. The van der Waals surface area contributed by atoms with Gasteiger partial charge in [-0.15, -0.1) is 0 Å². The molecule has 0 aliphatic carbocycles. The first-order valence-electron chi connectivity index (χ1n) is 3.26. The summed E-state index contributed by atoms with van der Waals surface area (Å²) in [4.78, 5) is 10.8. The maximum absolute atomic E-state index is 10.8. The van der Waals surface area contributed by atoms with Crippen molar-refractivity contribution in [2.24, 2.45) is 5.73 Å². The molecule has 0 rings (SSSR count). The van der Waals surface area contributed by atoms with Crippen molar-refractivity contribution >= 4 is 5.97 Å². The second-order valence-corrected chi connectivity index (χ2v) is 1.84. The van der Waals surface area contributed by atoms with Crippen molar-refractivity contribution in [3.8, 4) is 0 Å². The van der Waals surface area contributed by atoms with Gasteiger partial charge in [0.1, 0.15) is 0 Å². The van der Waals surface area contributed by atoms with E-state index in [9.17, 15) is 4.79 Å². The van der Waals surface area contributed by atoms with Crippen LogP contribution in [-0.2, 0) is 9.53 Å². The van der Waals surface area contributed by atoms with Crippen LogP contribution in [0.3, 0.4) is 0 Å². The van der Waals surface area contributed by atoms with E-state index in [2.05, 4.69) is 0 Å². The Morgan fingerprint density at radius 1 is 1.70 bits per heavy atom. The summed E-state index contributed by atoms with van der Waals surface area (Å²) in [6, 6.07) is 0. The first-order valence-corrected chi connectivity index (χ1v) is 3.26. The van der Waals surface area contributed by atoms with Gasteiger partial charge in [0.15, 0.2) is 0 Å². The lowest BCUT2D eigenvalue weighted by Gasteiger charge is -1.99. The van der Waals surface area contributed by atoms with Crippen molar-refractivity contribution in [3.05, 3.63) is 11.6 Å². The molecule has 2 N–H and O–H groups in total. The Bertz CT molecular complexity index is 141. The van der Waals surface area contributed by atoms with Gasteiger partial charge in [-0.1, -0.05) is 6.08 Å². The molecule has 0 unspecified atom stereocenters. The Morgan fingerprint density at radius 3 is 2.70 bits per heavy atom. The molecular weight excluding hydrogens is 130 g/mol. The Morgan fingerprint density at radius 2 is 2.30 bits per heavy atom. The predicted molar refractivity (Wildman–Crippen MR) is 39.4 cm³/mol. The first kappa shape index (κ1) is 9.17. The highest BCUT2D eigenvalue weighted by Crippen LogP contribution is 1.94. The largest absolute Gasteiger partial charge is 0.463 e. The molecule has 0 amide bonds. The summed E-state index contributed by atoms with van der Waals surface area (Å²) < 4.78 is 4.69. The molecule has 0 aromatic carbocycles. The third-order valence-electron chi connectivity index (χ3n) is 1.02. The Balaban J connectivity index is 3.82. The summed E-state index contributed by atoms with van der Waals surface area (Å²) >= 11 is 0. The SMILES string of the molecule is CCOC(=O)/C(C)=C/CN. The van der Waals surface area contributed by atoms with Crippen molar-refractivity contribution in [1.82, 2.24) is 0 Å². The topological polar surface area (TPSA) is 52.3 Å². The molecule has 58 valence electrons. The van der Waals surface area contributed by atoms with Crippen molar-refractivity contribution in [2.45, 2.75) is 13.8 Å². The average molecular weight is 143 g/mol. The second kappa shape index (κ2) is 4.99. The molecule has 0 aromatic heterocycles. The molecule has 0 saturated heterocycles. The van der Waals surface area contributed by atoms with Crippen LogP contribution in [0.25, 0.3) is 0 Å². The first-order chi connectivity index (χ1) is 4.72. The third-order valence-corrected chi connectivity index (χ3v) is 1.02. The molecule has 0 aliphatic heterocycles. The molecule has 0 heterocycles. The van der Waals surface area contributed by atoms with Gasteiger partial charge in [-0.05, 0) is 13.8 Å². The molecule has 3 nitrogen and oxygen atoms in total. The van der Waals surface area contributed by atoms with Crippen LogP contribution in [0.4, 0.5) is 0 Å². The molecule has 3 heteroatoms. The van der Waals surface area contributed by atoms with E-state index in [-0.39, 0.29) is 5.97 Å². The Labute approximate surface area is 60.9 Å². The van der Waals surface area contributed by atoms with Crippen LogP contribution in [0, 0.1) is 0 Å². The zero-order valence-corrected chi connectivity index (χ0v) is 6.39. The molecule has 0 radical (unpaired) electrons. The molecule has 0 aliphatic rings. The van der Waals surface area contributed by atoms with Gasteiger partial charge in [0.25, 0.3) is 0 Å². The molecule has 0 atom stereocenters. The normalized spacial score (nSPS) is 11.3. The number of carbonyl (C=O) groups is 1.